The van der Waals surface area contributed by atoms with E-state index in [1.807, 2.05) is 6.07 Å². The summed E-state index contributed by atoms with van der Waals surface area (Å²) in [6.45, 7) is 5.04. The minimum atomic E-state index is 0.352. The van der Waals surface area contributed by atoms with E-state index in [0.717, 1.165) is 37.3 Å². The Bertz CT molecular complexity index is 762. The van der Waals surface area contributed by atoms with Gasteiger partial charge in [0.25, 0.3) is 0 Å². The highest BCUT2D eigenvalue weighted by atomic mass is 16.5. The van der Waals surface area contributed by atoms with Crippen LogP contribution in [0.4, 0.5) is 5.69 Å². The molecule has 2 aromatic rings. The van der Waals surface area contributed by atoms with Gasteiger partial charge in [-0.2, -0.15) is 5.26 Å². The topological polar surface area (TPSA) is 61.6 Å². The van der Waals surface area contributed by atoms with Crippen LogP contribution in [0.15, 0.2) is 36.5 Å². The zero-order chi connectivity index (χ0) is 18.4. The number of benzene rings is 1. The van der Waals surface area contributed by atoms with Gasteiger partial charge in [-0.15, -0.1) is 0 Å². The molecule has 0 amide bonds. The first kappa shape index (κ1) is 18.2. The lowest BCUT2D eigenvalue weighted by Crippen LogP contribution is -2.44. The summed E-state index contributed by atoms with van der Waals surface area (Å²) < 4.78 is 10.6. The van der Waals surface area contributed by atoms with E-state index in [0.29, 0.717) is 24.7 Å². The van der Waals surface area contributed by atoms with Gasteiger partial charge in [-0.1, -0.05) is 12.1 Å². The molecule has 2 heterocycles. The number of likely N-dealkylation sites (N-methyl/N-ethyl adjacent to an activating group) is 1. The SMILES string of the molecule is COCCOc1nccc(-c2ccc(N3CCN(C)CC3)cc2)c1C#N. The van der Waals surface area contributed by atoms with E-state index in [1.54, 1.807) is 13.3 Å². The van der Waals surface area contributed by atoms with Gasteiger partial charge in [0.15, 0.2) is 0 Å². The molecule has 0 radical (unpaired) electrons. The third kappa shape index (κ3) is 4.13. The van der Waals surface area contributed by atoms with Gasteiger partial charge >= 0.3 is 0 Å². The Balaban J connectivity index is 1.80. The average Bonchev–Trinajstić information content (AvgIpc) is 2.69. The fourth-order valence-electron chi connectivity index (χ4n) is 3.04. The summed E-state index contributed by atoms with van der Waals surface area (Å²) in [4.78, 5) is 8.92. The van der Waals surface area contributed by atoms with Crippen molar-refractivity contribution in [3.63, 3.8) is 0 Å². The number of methoxy groups -OCH3 is 1. The van der Waals surface area contributed by atoms with E-state index in [-0.39, 0.29) is 0 Å². The van der Waals surface area contributed by atoms with Crippen molar-refractivity contribution in [3.8, 4) is 23.1 Å². The molecule has 0 atom stereocenters. The Morgan fingerprint density at radius 1 is 1.08 bits per heavy atom. The van der Waals surface area contributed by atoms with E-state index in [1.165, 1.54) is 5.69 Å². The van der Waals surface area contributed by atoms with Crippen molar-refractivity contribution in [1.82, 2.24) is 9.88 Å². The molecule has 136 valence electrons. The summed E-state index contributed by atoms with van der Waals surface area (Å²) in [6.07, 6.45) is 1.67. The lowest BCUT2D eigenvalue weighted by Gasteiger charge is -2.34. The number of pyridine rings is 1. The molecular weight excluding hydrogens is 328 g/mol. The molecule has 0 aliphatic carbocycles. The van der Waals surface area contributed by atoms with Gasteiger partial charge in [-0.3, -0.25) is 0 Å². The first-order valence-corrected chi connectivity index (χ1v) is 8.77. The summed E-state index contributed by atoms with van der Waals surface area (Å²) in [5.74, 6) is 0.352. The van der Waals surface area contributed by atoms with Crippen LogP contribution >= 0.6 is 0 Å². The molecule has 1 aliphatic heterocycles. The Hall–Kier alpha value is -2.62. The van der Waals surface area contributed by atoms with Crippen molar-refractivity contribution >= 4 is 5.69 Å². The number of nitrogens with zero attached hydrogens (tertiary/aromatic N) is 4. The van der Waals surface area contributed by atoms with Gasteiger partial charge in [-0.25, -0.2) is 4.98 Å². The van der Waals surface area contributed by atoms with Crippen molar-refractivity contribution in [1.29, 1.82) is 5.26 Å². The van der Waals surface area contributed by atoms with E-state index >= 15 is 0 Å². The minimum absolute atomic E-state index is 0.352. The van der Waals surface area contributed by atoms with E-state index in [2.05, 4.69) is 52.2 Å². The average molecular weight is 352 g/mol. The fourth-order valence-corrected chi connectivity index (χ4v) is 3.04. The summed E-state index contributed by atoms with van der Waals surface area (Å²) in [7, 11) is 3.76. The Morgan fingerprint density at radius 2 is 1.81 bits per heavy atom. The molecule has 1 aromatic heterocycles. The van der Waals surface area contributed by atoms with Crippen LogP contribution in [0.3, 0.4) is 0 Å². The first-order chi connectivity index (χ1) is 12.7. The highest BCUT2D eigenvalue weighted by molar-refractivity contribution is 5.73. The maximum atomic E-state index is 9.59. The maximum Gasteiger partial charge on any atom is 0.232 e. The molecule has 26 heavy (non-hydrogen) atoms. The third-order valence-electron chi connectivity index (χ3n) is 4.60. The molecule has 6 heteroatoms. The summed E-state index contributed by atoms with van der Waals surface area (Å²) in [6, 6.07) is 12.4. The second-order valence-electron chi connectivity index (χ2n) is 6.33. The monoisotopic (exact) mass is 352 g/mol. The fraction of sp³-hybridized carbons (Fsp3) is 0.400. The van der Waals surface area contributed by atoms with Crippen LogP contribution < -0.4 is 9.64 Å². The van der Waals surface area contributed by atoms with Gasteiger partial charge < -0.3 is 19.3 Å². The summed E-state index contributed by atoms with van der Waals surface area (Å²) in [5.41, 5.74) is 3.49. The van der Waals surface area contributed by atoms with Gasteiger partial charge in [0.2, 0.25) is 5.88 Å². The predicted molar refractivity (Wildman–Crippen MR) is 101 cm³/mol. The Kier molecular flexibility index (Phi) is 6.05. The molecule has 6 nitrogen and oxygen atoms in total. The molecule has 1 fully saturated rings. The third-order valence-corrected chi connectivity index (χ3v) is 4.60. The van der Waals surface area contributed by atoms with E-state index < -0.39 is 0 Å². The van der Waals surface area contributed by atoms with Crippen molar-refractivity contribution in [2.75, 3.05) is 58.5 Å². The number of anilines is 1. The zero-order valence-electron chi connectivity index (χ0n) is 15.3. The van der Waals surface area contributed by atoms with Crippen LogP contribution in [-0.2, 0) is 4.74 Å². The largest absolute Gasteiger partial charge is 0.474 e. The van der Waals surface area contributed by atoms with Gasteiger partial charge in [0, 0.05) is 50.7 Å². The van der Waals surface area contributed by atoms with Crippen molar-refractivity contribution in [2.45, 2.75) is 0 Å². The lowest BCUT2D eigenvalue weighted by molar-refractivity contribution is 0.143. The normalized spacial score (nSPS) is 14.9. The number of aromatic nitrogens is 1. The zero-order valence-corrected chi connectivity index (χ0v) is 15.3. The molecule has 0 unspecified atom stereocenters. The minimum Gasteiger partial charge on any atom is -0.474 e. The van der Waals surface area contributed by atoms with Crippen molar-refractivity contribution in [3.05, 3.63) is 42.1 Å². The smallest absolute Gasteiger partial charge is 0.232 e. The number of piperazine rings is 1. The lowest BCUT2D eigenvalue weighted by atomic mass is 10.0. The molecule has 1 saturated heterocycles. The van der Waals surface area contributed by atoms with Crippen LogP contribution in [0.2, 0.25) is 0 Å². The molecule has 0 bridgehead atoms. The number of hydrogen-bond donors (Lipinski definition) is 0. The van der Waals surface area contributed by atoms with Crippen LogP contribution in [0.5, 0.6) is 5.88 Å². The molecular formula is C20H24N4O2. The van der Waals surface area contributed by atoms with E-state index in [4.69, 9.17) is 9.47 Å². The number of ether oxygens (including phenoxy) is 2. The molecule has 0 saturated carbocycles. The molecule has 0 N–H and O–H groups in total. The molecule has 0 spiro atoms. The molecule has 1 aromatic carbocycles. The highest BCUT2D eigenvalue weighted by Crippen LogP contribution is 2.30. The van der Waals surface area contributed by atoms with Crippen LogP contribution in [0.25, 0.3) is 11.1 Å². The van der Waals surface area contributed by atoms with Crippen molar-refractivity contribution < 1.29 is 9.47 Å². The summed E-state index contributed by atoms with van der Waals surface area (Å²) in [5, 5.41) is 9.59. The number of nitriles is 1. The summed E-state index contributed by atoms with van der Waals surface area (Å²) >= 11 is 0. The first-order valence-electron chi connectivity index (χ1n) is 8.77. The van der Waals surface area contributed by atoms with Gasteiger partial charge in [0.1, 0.15) is 18.2 Å². The molecule has 1 aliphatic rings. The second-order valence-corrected chi connectivity index (χ2v) is 6.33. The Labute approximate surface area is 154 Å². The predicted octanol–water partition coefficient (Wildman–Crippen LogP) is 2.40. The number of hydrogen-bond acceptors (Lipinski definition) is 6. The molecule has 3 rings (SSSR count). The van der Waals surface area contributed by atoms with Gasteiger partial charge in [-0.05, 0) is 30.8 Å². The van der Waals surface area contributed by atoms with Gasteiger partial charge in [0.05, 0.1) is 6.61 Å². The van der Waals surface area contributed by atoms with Crippen LogP contribution in [0.1, 0.15) is 5.56 Å². The Morgan fingerprint density at radius 3 is 2.46 bits per heavy atom. The number of rotatable bonds is 6. The van der Waals surface area contributed by atoms with Crippen LogP contribution in [0, 0.1) is 11.3 Å². The quantitative estimate of drug-likeness (QED) is 0.744. The highest BCUT2D eigenvalue weighted by Gasteiger charge is 2.16. The van der Waals surface area contributed by atoms with E-state index in [9.17, 15) is 5.26 Å². The standard InChI is InChI=1S/C20H24N4O2/c1-23-9-11-24(12-10-23)17-5-3-16(4-6-17)18-7-8-22-20(19(18)15-21)26-14-13-25-2/h3-8H,9-14H2,1-2H3. The van der Waals surface area contributed by atoms with Crippen molar-refractivity contribution in [2.24, 2.45) is 0 Å². The maximum absolute atomic E-state index is 9.59. The van der Waals surface area contributed by atoms with Crippen LogP contribution in [-0.4, -0.2) is 63.4 Å². The second kappa shape index (κ2) is 8.65.